The molecule has 1 N–H and O–H groups in total. The Balaban J connectivity index is 1.96. The van der Waals surface area contributed by atoms with Gasteiger partial charge in [-0.05, 0) is 42.6 Å². The SMILES string of the molecule is Fc1ccc2c(c1)[C@@H](F)CO[C@H]2[C@@H]1CCCN1. The molecule has 3 atom stereocenters. The molecular weight excluding hydrogens is 224 g/mol. The molecular formula is C13H15F2NO. The zero-order valence-electron chi connectivity index (χ0n) is 9.46. The van der Waals surface area contributed by atoms with Crippen molar-refractivity contribution in [3.63, 3.8) is 0 Å². The maximum absolute atomic E-state index is 13.7. The van der Waals surface area contributed by atoms with Crippen LogP contribution in [0.4, 0.5) is 8.78 Å². The Morgan fingerprint density at radius 1 is 1.29 bits per heavy atom. The molecule has 0 radical (unpaired) electrons. The average Bonchev–Trinajstić information content (AvgIpc) is 2.84. The van der Waals surface area contributed by atoms with E-state index in [1.54, 1.807) is 6.07 Å². The third-order valence-electron chi connectivity index (χ3n) is 3.58. The van der Waals surface area contributed by atoms with Crippen LogP contribution in [0.5, 0.6) is 0 Å². The number of ether oxygens (including phenoxy) is 1. The number of rotatable bonds is 1. The molecule has 2 heterocycles. The number of alkyl halides is 1. The van der Waals surface area contributed by atoms with Gasteiger partial charge in [-0.2, -0.15) is 0 Å². The molecule has 17 heavy (non-hydrogen) atoms. The maximum Gasteiger partial charge on any atom is 0.149 e. The van der Waals surface area contributed by atoms with E-state index in [4.69, 9.17) is 4.74 Å². The molecule has 0 unspecified atom stereocenters. The molecule has 92 valence electrons. The van der Waals surface area contributed by atoms with Gasteiger partial charge in [0.15, 0.2) is 0 Å². The minimum absolute atomic E-state index is 0.0271. The summed E-state index contributed by atoms with van der Waals surface area (Å²) >= 11 is 0. The van der Waals surface area contributed by atoms with Crippen LogP contribution in [0, 0.1) is 5.82 Å². The Labute approximate surface area is 99.0 Å². The molecule has 0 saturated carbocycles. The van der Waals surface area contributed by atoms with E-state index in [0.29, 0.717) is 5.56 Å². The normalized spacial score (nSPS) is 32.5. The summed E-state index contributed by atoms with van der Waals surface area (Å²) in [4.78, 5) is 0. The van der Waals surface area contributed by atoms with Crippen LogP contribution in [-0.4, -0.2) is 19.2 Å². The van der Waals surface area contributed by atoms with Crippen molar-refractivity contribution in [2.45, 2.75) is 31.2 Å². The molecule has 1 aromatic carbocycles. The standard InChI is InChI=1S/C13H15F2NO/c14-8-3-4-9-10(6-8)11(15)7-17-13(9)12-2-1-5-16-12/h3-4,6,11-13,16H,1-2,5,7H2/t11-,12-,13+/m0/s1. The molecule has 0 bridgehead atoms. The number of benzene rings is 1. The van der Waals surface area contributed by atoms with E-state index in [1.165, 1.54) is 12.1 Å². The smallest absolute Gasteiger partial charge is 0.149 e. The summed E-state index contributed by atoms with van der Waals surface area (Å²) in [7, 11) is 0. The Morgan fingerprint density at radius 2 is 2.18 bits per heavy atom. The highest BCUT2D eigenvalue weighted by Crippen LogP contribution is 2.38. The molecule has 0 spiro atoms. The zero-order valence-corrected chi connectivity index (χ0v) is 9.46. The first kappa shape index (κ1) is 11.1. The van der Waals surface area contributed by atoms with Crippen molar-refractivity contribution in [3.8, 4) is 0 Å². The van der Waals surface area contributed by atoms with Gasteiger partial charge in [0.1, 0.15) is 12.0 Å². The number of halogens is 2. The lowest BCUT2D eigenvalue weighted by Crippen LogP contribution is -2.34. The van der Waals surface area contributed by atoms with Crippen LogP contribution in [0.25, 0.3) is 0 Å². The van der Waals surface area contributed by atoms with Gasteiger partial charge < -0.3 is 10.1 Å². The highest BCUT2D eigenvalue weighted by atomic mass is 19.1. The minimum Gasteiger partial charge on any atom is -0.368 e. The molecule has 4 heteroatoms. The van der Waals surface area contributed by atoms with Crippen LogP contribution in [0.2, 0.25) is 0 Å². The lowest BCUT2D eigenvalue weighted by Gasteiger charge is -2.32. The quantitative estimate of drug-likeness (QED) is 0.813. The van der Waals surface area contributed by atoms with Gasteiger partial charge in [-0.1, -0.05) is 6.07 Å². The molecule has 3 rings (SSSR count). The molecule has 2 nitrogen and oxygen atoms in total. The van der Waals surface area contributed by atoms with Crippen molar-refractivity contribution in [2.75, 3.05) is 13.2 Å². The lowest BCUT2D eigenvalue weighted by molar-refractivity contribution is -0.0180. The van der Waals surface area contributed by atoms with E-state index >= 15 is 0 Å². The fourth-order valence-corrected chi connectivity index (χ4v) is 2.75. The monoisotopic (exact) mass is 239 g/mol. The molecule has 0 amide bonds. The van der Waals surface area contributed by atoms with Gasteiger partial charge in [0.2, 0.25) is 0 Å². The Kier molecular flexibility index (Phi) is 2.84. The van der Waals surface area contributed by atoms with E-state index in [1.807, 2.05) is 0 Å². The Bertz CT molecular complexity index is 418. The van der Waals surface area contributed by atoms with E-state index in [-0.39, 0.29) is 24.6 Å². The van der Waals surface area contributed by atoms with E-state index in [0.717, 1.165) is 24.9 Å². The van der Waals surface area contributed by atoms with Crippen molar-refractivity contribution in [1.29, 1.82) is 0 Å². The summed E-state index contributed by atoms with van der Waals surface area (Å²) in [5, 5.41) is 3.36. The summed E-state index contributed by atoms with van der Waals surface area (Å²) in [6, 6.07) is 4.56. The van der Waals surface area contributed by atoms with Crippen LogP contribution >= 0.6 is 0 Å². The molecule has 0 aliphatic carbocycles. The van der Waals surface area contributed by atoms with Gasteiger partial charge in [0.05, 0.1) is 12.7 Å². The fraction of sp³-hybridized carbons (Fsp3) is 0.538. The molecule has 2 aliphatic heterocycles. The van der Waals surface area contributed by atoms with Crippen LogP contribution in [-0.2, 0) is 4.74 Å². The van der Waals surface area contributed by atoms with Gasteiger partial charge in [-0.15, -0.1) is 0 Å². The number of nitrogens with one attached hydrogen (secondary N) is 1. The highest BCUT2D eigenvalue weighted by Gasteiger charge is 2.34. The van der Waals surface area contributed by atoms with E-state index < -0.39 is 6.17 Å². The summed E-state index contributed by atoms with van der Waals surface area (Å²) < 4.78 is 32.4. The van der Waals surface area contributed by atoms with Gasteiger partial charge >= 0.3 is 0 Å². The first-order valence-electron chi connectivity index (χ1n) is 6.04. The second-order valence-electron chi connectivity index (χ2n) is 4.70. The third kappa shape index (κ3) is 1.96. The van der Waals surface area contributed by atoms with Crippen LogP contribution < -0.4 is 5.32 Å². The molecule has 1 saturated heterocycles. The summed E-state index contributed by atoms with van der Waals surface area (Å²) in [6.45, 7) is 0.999. The van der Waals surface area contributed by atoms with Crippen molar-refractivity contribution < 1.29 is 13.5 Å². The molecule has 1 fully saturated rings. The van der Waals surface area contributed by atoms with Crippen molar-refractivity contribution >= 4 is 0 Å². The Hall–Kier alpha value is -1.00. The summed E-state index contributed by atoms with van der Waals surface area (Å²) in [6.07, 6.45) is 0.789. The second-order valence-corrected chi connectivity index (χ2v) is 4.70. The van der Waals surface area contributed by atoms with E-state index in [9.17, 15) is 8.78 Å². The molecule has 2 aliphatic rings. The van der Waals surface area contributed by atoms with Crippen LogP contribution in [0.1, 0.15) is 36.2 Å². The van der Waals surface area contributed by atoms with Crippen LogP contribution in [0.3, 0.4) is 0 Å². The van der Waals surface area contributed by atoms with Gasteiger partial charge in [0, 0.05) is 6.04 Å². The predicted octanol–water partition coefficient (Wildman–Crippen LogP) is 2.66. The Morgan fingerprint density at radius 3 is 2.94 bits per heavy atom. The minimum atomic E-state index is -1.21. The summed E-state index contributed by atoms with van der Waals surface area (Å²) in [5.74, 6) is -0.383. The first-order chi connectivity index (χ1) is 8.25. The fourth-order valence-electron chi connectivity index (χ4n) is 2.75. The number of hydrogen-bond acceptors (Lipinski definition) is 2. The largest absolute Gasteiger partial charge is 0.368 e. The van der Waals surface area contributed by atoms with Crippen molar-refractivity contribution in [2.24, 2.45) is 0 Å². The highest BCUT2D eigenvalue weighted by molar-refractivity contribution is 5.34. The van der Waals surface area contributed by atoms with Crippen molar-refractivity contribution in [1.82, 2.24) is 5.32 Å². The molecule has 0 aromatic heterocycles. The second kappa shape index (κ2) is 4.35. The zero-order chi connectivity index (χ0) is 11.8. The van der Waals surface area contributed by atoms with Gasteiger partial charge in [0.25, 0.3) is 0 Å². The lowest BCUT2D eigenvalue weighted by atomic mass is 9.91. The number of fused-ring (bicyclic) bond motifs is 1. The summed E-state index contributed by atoms with van der Waals surface area (Å²) in [5.41, 5.74) is 1.25. The van der Waals surface area contributed by atoms with Crippen LogP contribution in [0.15, 0.2) is 18.2 Å². The van der Waals surface area contributed by atoms with E-state index in [2.05, 4.69) is 5.32 Å². The predicted molar refractivity (Wildman–Crippen MR) is 60.0 cm³/mol. The third-order valence-corrected chi connectivity index (χ3v) is 3.58. The molecule has 1 aromatic rings. The maximum atomic E-state index is 13.7. The topological polar surface area (TPSA) is 21.3 Å². The van der Waals surface area contributed by atoms with Gasteiger partial charge in [-0.3, -0.25) is 0 Å². The van der Waals surface area contributed by atoms with Gasteiger partial charge in [-0.25, -0.2) is 8.78 Å². The van der Waals surface area contributed by atoms with Crippen molar-refractivity contribution in [3.05, 3.63) is 35.1 Å². The number of hydrogen-bond donors (Lipinski definition) is 1. The average molecular weight is 239 g/mol. The first-order valence-corrected chi connectivity index (χ1v) is 6.04.